The van der Waals surface area contributed by atoms with Gasteiger partial charge in [0.1, 0.15) is 5.78 Å². The highest BCUT2D eigenvalue weighted by Gasteiger charge is 2.10. The van der Waals surface area contributed by atoms with Crippen LogP contribution in [0.15, 0.2) is 24.3 Å². The topological polar surface area (TPSA) is 29.5 Å². The van der Waals surface area contributed by atoms with Crippen molar-refractivity contribution in [2.75, 3.05) is 31.2 Å². The number of carbonyl (C=O) groups is 1. The van der Waals surface area contributed by atoms with E-state index in [4.69, 9.17) is 4.74 Å². The molecule has 3 nitrogen and oxygen atoms in total. The summed E-state index contributed by atoms with van der Waals surface area (Å²) in [7, 11) is 0. The van der Waals surface area contributed by atoms with E-state index in [1.807, 2.05) is 6.92 Å². The van der Waals surface area contributed by atoms with Gasteiger partial charge < -0.3 is 9.64 Å². The van der Waals surface area contributed by atoms with Crippen LogP contribution in [0.3, 0.4) is 0 Å². The standard InChI is InChI=1S/C14H19NO2.C3H8/c1-2-14(16)11-12-3-5-13(6-4-12)15-7-9-17-10-8-15;1-3-2/h3-6H,2,7-11H2,1H3;3H2,1-2H3. The predicted molar refractivity (Wildman–Crippen MR) is 84.4 cm³/mol. The molecule has 0 aromatic heterocycles. The van der Waals surface area contributed by atoms with E-state index in [9.17, 15) is 4.79 Å². The number of hydrogen-bond acceptors (Lipinski definition) is 3. The number of anilines is 1. The van der Waals surface area contributed by atoms with Crippen LogP contribution in [0.2, 0.25) is 0 Å². The minimum absolute atomic E-state index is 0.295. The SMILES string of the molecule is CCC.CCC(=O)Cc1ccc(N2CCOCC2)cc1. The Morgan fingerprint density at radius 1 is 1.10 bits per heavy atom. The van der Waals surface area contributed by atoms with E-state index >= 15 is 0 Å². The number of rotatable bonds is 4. The van der Waals surface area contributed by atoms with Crippen molar-refractivity contribution >= 4 is 11.5 Å². The van der Waals surface area contributed by atoms with Crippen molar-refractivity contribution in [2.45, 2.75) is 40.0 Å². The molecule has 3 heteroatoms. The van der Waals surface area contributed by atoms with E-state index in [1.165, 1.54) is 12.1 Å². The molecule has 1 heterocycles. The lowest BCUT2D eigenvalue weighted by molar-refractivity contribution is -0.118. The molecule has 0 bridgehead atoms. The van der Waals surface area contributed by atoms with E-state index < -0.39 is 0 Å². The summed E-state index contributed by atoms with van der Waals surface area (Å²) in [6.07, 6.45) is 2.42. The molecule has 1 fully saturated rings. The second kappa shape index (κ2) is 9.54. The molecular weight excluding hydrogens is 250 g/mol. The van der Waals surface area contributed by atoms with Crippen molar-refractivity contribution in [1.29, 1.82) is 0 Å². The van der Waals surface area contributed by atoms with Crippen LogP contribution in [0, 0.1) is 0 Å². The Morgan fingerprint density at radius 2 is 1.65 bits per heavy atom. The Balaban J connectivity index is 0.000000612. The fraction of sp³-hybridized carbons (Fsp3) is 0.588. The number of morpholine rings is 1. The van der Waals surface area contributed by atoms with Gasteiger partial charge in [-0.3, -0.25) is 4.79 Å². The Morgan fingerprint density at radius 3 is 2.15 bits per heavy atom. The van der Waals surface area contributed by atoms with Crippen LogP contribution < -0.4 is 4.90 Å². The number of hydrogen-bond donors (Lipinski definition) is 0. The molecule has 0 unspecified atom stereocenters. The van der Waals surface area contributed by atoms with Gasteiger partial charge in [-0.1, -0.05) is 39.3 Å². The lowest BCUT2D eigenvalue weighted by Gasteiger charge is -2.28. The van der Waals surface area contributed by atoms with Crippen LogP contribution in [0.1, 0.15) is 39.2 Å². The normalized spacial score (nSPS) is 14.4. The zero-order valence-corrected chi connectivity index (χ0v) is 13.0. The average Bonchev–Trinajstić information content (AvgIpc) is 2.49. The predicted octanol–water partition coefficient (Wildman–Crippen LogP) is 3.46. The molecular formula is C17H27NO2. The first-order valence-corrected chi connectivity index (χ1v) is 7.64. The summed E-state index contributed by atoms with van der Waals surface area (Å²) in [6.45, 7) is 9.66. The monoisotopic (exact) mass is 277 g/mol. The molecule has 1 saturated heterocycles. The van der Waals surface area contributed by atoms with Gasteiger partial charge in [0.2, 0.25) is 0 Å². The maximum absolute atomic E-state index is 11.3. The molecule has 0 amide bonds. The maximum Gasteiger partial charge on any atom is 0.136 e. The van der Waals surface area contributed by atoms with Gasteiger partial charge in [-0.2, -0.15) is 0 Å². The molecule has 20 heavy (non-hydrogen) atoms. The summed E-state index contributed by atoms with van der Waals surface area (Å²) in [4.78, 5) is 13.7. The van der Waals surface area contributed by atoms with Crippen LogP contribution in [-0.4, -0.2) is 32.1 Å². The van der Waals surface area contributed by atoms with E-state index in [1.54, 1.807) is 0 Å². The van der Waals surface area contributed by atoms with Crippen molar-refractivity contribution in [2.24, 2.45) is 0 Å². The minimum atomic E-state index is 0.295. The fourth-order valence-electron chi connectivity index (χ4n) is 2.00. The van der Waals surface area contributed by atoms with Crippen molar-refractivity contribution in [3.05, 3.63) is 29.8 Å². The quantitative estimate of drug-likeness (QED) is 0.844. The van der Waals surface area contributed by atoms with Crippen LogP contribution >= 0.6 is 0 Å². The van der Waals surface area contributed by atoms with E-state index in [2.05, 4.69) is 43.0 Å². The molecule has 2 rings (SSSR count). The highest BCUT2D eigenvalue weighted by atomic mass is 16.5. The Hall–Kier alpha value is -1.35. The molecule has 0 saturated carbocycles. The van der Waals surface area contributed by atoms with Gasteiger partial charge in [-0.05, 0) is 17.7 Å². The smallest absolute Gasteiger partial charge is 0.136 e. The van der Waals surface area contributed by atoms with E-state index in [0.717, 1.165) is 31.9 Å². The van der Waals surface area contributed by atoms with Gasteiger partial charge in [-0.25, -0.2) is 0 Å². The number of ether oxygens (including phenoxy) is 1. The zero-order valence-electron chi connectivity index (χ0n) is 13.0. The fourth-order valence-corrected chi connectivity index (χ4v) is 2.00. The summed E-state index contributed by atoms with van der Waals surface area (Å²) in [6, 6.07) is 8.31. The molecule has 0 aliphatic carbocycles. The third kappa shape index (κ3) is 5.74. The number of nitrogens with zero attached hydrogens (tertiary/aromatic N) is 1. The number of Topliss-reactive ketones (excluding diaryl/α,β-unsaturated/α-hetero) is 1. The second-order valence-corrected chi connectivity index (χ2v) is 5.04. The van der Waals surface area contributed by atoms with Gasteiger partial charge in [-0.15, -0.1) is 0 Å². The third-order valence-corrected chi connectivity index (χ3v) is 3.11. The Kier molecular flexibility index (Phi) is 7.97. The molecule has 0 radical (unpaired) electrons. The number of carbonyl (C=O) groups excluding carboxylic acids is 1. The molecule has 1 aromatic carbocycles. The largest absolute Gasteiger partial charge is 0.378 e. The summed E-state index contributed by atoms with van der Waals surface area (Å²) >= 11 is 0. The van der Waals surface area contributed by atoms with E-state index in [-0.39, 0.29) is 0 Å². The molecule has 0 spiro atoms. The van der Waals surface area contributed by atoms with E-state index in [0.29, 0.717) is 18.6 Å². The second-order valence-electron chi connectivity index (χ2n) is 5.04. The van der Waals surface area contributed by atoms with Crippen LogP contribution in [0.5, 0.6) is 0 Å². The highest BCUT2D eigenvalue weighted by Crippen LogP contribution is 2.17. The van der Waals surface area contributed by atoms with Gasteiger partial charge in [0, 0.05) is 31.6 Å². The lowest BCUT2D eigenvalue weighted by atomic mass is 10.1. The van der Waals surface area contributed by atoms with Gasteiger partial charge in [0.05, 0.1) is 13.2 Å². The summed E-state index contributed by atoms with van der Waals surface area (Å²) < 4.78 is 5.33. The van der Waals surface area contributed by atoms with Crippen molar-refractivity contribution in [1.82, 2.24) is 0 Å². The van der Waals surface area contributed by atoms with Gasteiger partial charge >= 0.3 is 0 Å². The molecule has 112 valence electrons. The first kappa shape index (κ1) is 16.7. The van der Waals surface area contributed by atoms with Crippen molar-refractivity contribution in [3.8, 4) is 0 Å². The molecule has 1 aromatic rings. The zero-order chi connectivity index (χ0) is 14.8. The Labute approximate surface area is 122 Å². The molecule has 1 aliphatic rings. The molecule has 0 atom stereocenters. The minimum Gasteiger partial charge on any atom is -0.378 e. The molecule has 1 aliphatic heterocycles. The first-order chi connectivity index (χ1) is 9.71. The van der Waals surface area contributed by atoms with Gasteiger partial charge in [0.15, 0.2) is 0 Å². The third-order valence-electron chi connectivity index (χ3n) is 3.11. The van der Waals surface area contributed by atoms with Crippen LogP contribution in [0.4, 0.5) is 5.69 Å². The first-order valence-electron chi connectivity index (χ1n) is 7.64. The van der Waals surface area contributed by atoms with Crippen molar-refractivity contribution < 1.29 is 9.53 Å². The van der Waals surface area contributed by atoms with Crippen molar-refractivity contribution in [3.63, 3.8) is 0 Å². The lowest BCUT2D eigenvalue weighted by Crippen LogP contribution is -2.36. The average molecular weight is 277 g/mol. The summed E-state index contributed by atoms with van der Waals surface area (Å²) in [5.74, 6) is 0.295. The number of ketones is 1. The summed E-state index contributed by atoms with van der Waals surface area (Å²) in [5, 5.41) is 0. The van der Waals surface area contributed by atoms with Crippen LogP contribution in [0.25, 0.3) is 0 Å². The maximum atomic E-state index is 11.3. The summed E-state index contributed by atoms with van der Waals surface area (Å²) in [5.41, 5.74) is 2.33. The number of benzene rings is 1. The molecule has 0 N–H and O–H groups in total. The highest BCUT2D eigenvalue weighted by molar-refractivity contribution is 5.80. The Bertz CT molecular complexity index is 380. The van der Waals surface area contributed by atoms with Crippen LogP contribution in [-0.2, 0) is 16.0 Å². The van der Waals surface area contributed by atoms with Gasteiger partial charge in [0.25, 0.3) is 0 Å².